The molecule has 2 aromatic carbocycles. The monoisotopic (exact) mass is 277 g/mol. The zero-order valence-electron chi connectivity index (χ0n) is 10.6. The Bertz CT molecular complexity index is 668. The maximum atomic E-state index is 13.4. The first-order chi connectivity index (χ1) is 9.45. The van der Waals surface area contributed by atoms with Crippen LogP contribution in [-0.2, 0) is 0 Å². The summed E-state index contributed by atoms with van der Waals surface area (Å²) in [6.45, 7) is 0. The van der Waals surface area contributed by atoms with Gasteiger partial charge in [0.2, 0.25) is 0 Å². The third-order valence-corrected chi connectivity index (χ3v) is 2.86. The molecule has 2 rings (SSSR count). The Labute approximate surface area is 114 Å². The molecule has 4 N–H and O–H groups in total. The fourth-order valence-electron chi connectivity index (χ4n) is 1.72. The van der Waals surface area contributed by atoms with Gasteiger partial charge in [-0.25, -0.2) is 4.39 Å². The van der Waals surface area contributed by atoms with Gasteiger partial charge in [0.1, 0.15) is 11.4 Å². The number of hydrogen-bond donors (Lipinski definition) is 3. The quantitative estimate of drug-likeness (QED) is 0.453. The molecule has 0 saturated heterocycles. The Balaban J connectivity index is 2.48. The van der Waals surface area contributed by atoms with E-state index in [1.807, 2.05) is 0 Å². The Morgan fingerprint density at radius 2 is 1.80 bits per heavy atom. The van der Waals surface area contributed by atoms with E-state index in [9.17, 15) is 19.4 Å². The minimum Gasteiger partial charge on any atom is -0.505 e. The zero-order chi connectivity index (χ0) is 14.9. The average molecular weight is 277 g/mol. The molecule has 104 valence electrons. The van der Waals surface area contributed by atoms with Crippen LogP contribution in [0.3, 0.4) is 0 Å². The number of carbonyl (C=O) groups is 1. The van der Waals surface area contributed by atoms with Crippen molar-refractivity contribution in [1.29, 1.82) is 0 Å². The molecule has 0 amide bonds. The molecule has 0 radical (unpaired) electrons. The summed E-state index contributed by atoms with van der Waals surface area (Å²) in [5, 5.41) is 19.0. The molecule has 6 heteroatoms. The lowest BCUT2D eigenvalue weighted by Crippen LogP contribution is -2.04. The third kappa shape index (κ3) is 2.23. The number of phenolic OH excluding ortho intramolecular Hbond substituents is 2. The maximum absolute atomic E-state index is 13.4. The number of nitrogen functional groups attached to an aromatic ring is 1. The molecule has 20 heavy (non-hydrogen) atoms. The van der Waals surface area contributed by atoms with Gasteiger partial charge in [-0.05, 0) is 30.3 Å². The molecular formula is C14H12FNO4. The van der Waals surface area contributed by atoms with Gasteiger partial charge < -0.3 is 20.7 Å². The molecule has 0 aliphatic carbocycles. The van der Waals surface area contributed by atoms with Gasteiger partial charge in [-0.1, -0.05) is 0 Å². The van der Waals surface area contributed by atoms with E-state index in [1.165, 1.54) is 19.2 Å². The number of aromatic hydroxyl groups is 2. The molecule has 0 saturated carbocycles. The highest BCUT2D eigenvalue weighted by Gasteiger charge is 2.21. The number of phenols is 2. The van der Waals surface area contributed by atoms with E-state index < -0.39 is 28.8 Å². The van der Waals surface area contributed by atoms with E-state index >= 15 is 0 Å². The number of nitrogens with two attached hydrogens (primary N) is 1. The first-order valence-electron chi connectivity index (χ1n) is 5.64. The van der Waals surface area contributed by atoms with Crippen LogP contribution in [0.15, 0.2) is 30.3 Å². The summed E-state index contributed by atoms with van der Waals surface area (Å²) in [4.78, 5) is 12.2. The van der Waals surface area contributed by atoms with Crippen LogP contribution in [0.1, 0.15) is 15.9 Å². The second kappa shape index (κ2) is 5.08. The fraction of sp³-hybridized carbons (Fsp3) is 0.0714. The highest BCUT2D eigenvalue weighted by atomic mass is 19.1. The Hall–Kier alpha value is -2.76. The van der Waals surface area contributed by atoms with Gasteiger partial charge in [-0.3, -0.25) is 4.79 Å². The lowest BCUT2D eigenvalue weighted by molar-refractivity contribution is 0.103. The SMILES string of the molecule is COc1ccc(C(=O)c2cc(F)c(O)c(N)c2O)cc1. The molecule has 0 aliphatic rings. The summed E-state index contributed by atoms with van der Waals surface area (Å²) in [5.74, 6) is -2.66. The Morgan fingerprint density at radius 1 is 1.20 bits per heavy atom. The summed E-state index contributed by atoms with van der Waals surface area (Å²) in [5.41, 5.74) is 4.68. The van der Waals surface area contributed by atoms with Crippen LogP contribution in [0, 0.1) is 5.82 Å². The fourth-order valence-corrected chi connectivity index (χ4v) is 1.72. The predicted octanol–water partition coefficient (Wildman–Crippen LogP) is 2.06. The van der Waals surface area contributed by atoms with Crippen molar-refractivity contribution in [2.75, 3.05) is 12.8 Å². The number of ether oxygens (including phenoxy) is 1. The standard InChI is InChI=1S/C14H12FNO4/c1-20-8-4-2-7(3-5-8)12(17)9-6-10(15)14(19)11(16)13(9)18/h2-6,18-19H,16H2,1H3. The molecule has 2 aromatic rings. The van der Waals surface area contributed by atoms with E-state index in [4.69, 9.17) is 10.5 Å². The molecule has 0 aliphatic heterocycles. The first-order valence-corrected chi connectivity index (χ1v) is 5.64. The Kier molecular flexibility index (Phi) is 3.47. The lowest BCUT2D eigenvalue weighted by Gasteiger charge is -2.09. The smallest absolute Gasteiger partial charge is 0.196 e. The number of anilines is 1. The zero-order valence-corrected chi connectivity index (χ0v) is 10.6. The van der Waals surface area contributed by atoms with Crippen LogP contribution >= 0.6 is 0 Å². The second-order valence-corrected chi connectivity index (χ2v) is 4.07. The van der Waals surface area contributed by atoms with E-state index in [0.29, 0.717) is 5.75 Å². The number of ketones is 1. The molecule has 5 nitrogen and oxygen atoms in total. The lowest BCUT2D eigenvalue weighted by atomic mass is 10.0. The number of halogens is 1. The van der Waals surface area contributed by atoms with Crippen molar-refractivity contribution in [1.82, 2.24) is 0 Å². The topological polar surface area (TPSA) is 92.8 Å². The van der Waals surface area contributed by atoms with Gasteiger partial charge in [0.15, 0.2) is 23.1 Å². The minimum atomic E-state index is -1.07. The first kappa shape index (κ1) is 13.7. The second-order valence-electron chi connectivity index (χ2n) is 4.07. The number of hydrogen-bond acceptors (Lipinski definition) is 5. The molecule has 0 atom stereocenters. The molecule has 0 fully saturated rings. The minimum absolute atomic E-state index is 0.227. The number of benzene rings is 2. The highest BCUT2D eigenvalue weighted by molar-refractivity contribution is 6.11. The van der Waals surface area contributed by atoms with E-state index in [-0.39, 0.29) is 11.1 Å². The third-order valence-electron chi connectivity index (χ3n) is 2.86. The van der Waals surface area contributed by atoms with Crippen LogP contribution in [-0.4, -0.2) is 23.1 Å². The number of methoxy groups -OCH3 is 1. The summed E-state index contributed by atoms with van der Waals surface area (Å²) >= 11 is 0. The van der Waals surface area contributed by atoms with Crippen molar-refractivity contribution < 1.29 is 24.1 Å². The van der Waals surface area contributed by atoms with Crippen LogP contribution in [0.25, 0.3) is 0 Å². The number of carbonyl (C=O) groups excluding carboxylic acids is 1. The van der Waals surface area contributed by atoms with Gasteiger partial charge in [-0.2, -0.15) is 0 Å². The van der Waals surface area contributed by atoms with Crippen molar-refractivity contribution in [3.8, 4) is 17.2 Å². The van der Waals surface area contributed by atoms with Crippen molar-refractivity contribution in [2.24, 2.45) is 0 Å². The van der Waals surface area contributed by atoms with E-state index in [1.54, 1.807) is 12.1 Å². The summed E-state index contributed by atoms with van der Waals surface area (Å²) in [6.07, 6.45) is 0. The normalized spacial score (nSPS) is 10.3. The van der Waals surface area contributed by atoms with Gasteiger partial charge >= 0.3 is 0 Å². The van der Waals surface area contributed by atoms with Crippen molar-refractivity contribution in [2.45, 2.75) is 0 Å². The largest absolute Gasteiger partial charge is 0.505 e. The molecule has 0 bridgehead atoms. The Morgan fingerprint density at radius 3 is 2.35 bits per heavy atom. The van der Waals surface area contributed by atoms with Gasteiger partial charge in [0, 0.05) is 5.56 Å². The van der Waals surface area contributed by atoms with E-state index in [0.717, 1.165) is 6.07 Å². The molecule has 0 spiro atoms. The molecule has 0 aromatic heterocycles. The summed E-state index contributed by atoms with van der Waals surface area (Å²) in [7, 11) is 1.48. The van der Waals surface area contributed by atoms with Gasteiger partial charge in [0.05, 0.1) is 12.7 Å². The summed E-state index contributed by atoms with van der Waals surface area (Å²) in [6, 6.07) is 6.81. The van der Waals surface area contributed by atoms with Crippen LogP contribution in [0.4, 0.5) is 10.1 Å². The molecular weight excluding hydrogens is 265 g/mol. The van der Waals surface area contributed by atoms with Gasteiger partial charge in [-0.15, -0.1) is 0 Å². The van der Waals surface area contributed by atoms with Crippen LogP contribution < -0.4 is 10.5 Å². The van der Waals surface area contributed by atoms with Crippen molar-refractivity contribution >= 4 is 11.5 Å². The summed E-state index contributed by atoms with van der Waals surface area (Å²) < 4.78 is 18.4. The van der Waals surface area contributed by atoms with Crippen molar-refractivity contribution in [3.05, 3.63) is 47.3 Å². The number of rotatable bonds is 3. The highest BCUT2D eigenvalue weighted by Crippen LogP contribution is 2.36. The molecule has 0 unspecified atom stereocenters. The van der Waals surface area contributed by atoms with Gasteiger partial charge in [0.25, 0.3) is 0 Å². The van der Waals surface area contributed by atoms with Crippen LogP contribution in [0.2, 0.25) is 0 Å². The van der Waals surface area contributed by atoms with Crippen molar-refractivity contribution in [3.63, 3.8) is 0 Å². The van der Waals surface area contributed by atoms with Crippen LogP contribution in [0.5, 0.6) is 17.2 Å². The maximum Gasteiger partial charge on any atom is 0.196 e. The van der Waals surface area contributed by atoms with E-state index in [2.05, 4.69) is 0 Å². The predicted molar refractivity (Wildman–Crippen MR) is 70.6 cm³/mol. The molecule has 0 heterocycles. The average Bonchev–Trinajstić information content (AvgIpc) is 2.48.